The van der Waals surface area contributed by atoms with Crippen molar-refractivity contribution in [1.29, 1.82) is 0 Å². The predicted molar refractivity (Wildman–Crippen MR) is 77.7 cm³/mol. The molecular weight excluding hydrogens is 276 g/mol. The van der Waals surface area contributed by atoms with E-state index in [1.54, 1.807) is 26.1 Å². The van der Waals surface area contributed by atoms with Gasteiger partial charge in [0.2, 0.25) is 10.0 Å². The van der Waals surface area contributed by atoms with Crippen LogP contribution in [0.5, 0.6) is 0 Å². The van der Waals surface area contributed by atoms with Crippen LogP contribution in [0.15, 0.2) is 23.5 Å². The second kappa shape index (κ2) is 5.26. The molecule has 2 rings (SSSR count). The number of aryl methyl sites for hydroxylation is 1. The maximum absolute atomic E-state index is 12.5. The van der Waals surface area contributed by atoms with Crippen molar-refractivity contribution in [3.8, 4) is 0 Å². The van der Waals surface area contributed by atoms with Crippen LogP contribution in [-0.2, 0) is 16.6 Å². The first-order valence-electron chi connectivity index (χ1n) is 6.16. The number of aromatic nitrogens is 2. The van der Waals surface area contributed by atoms with E-state index in [1.807, 2.05) is 6.92 Å². The first-order valence-corrected chi connectivity index (χ1v) is 7.64. The Morgan fingerprint density at radius 1 is 1.30 bits per heavy atom. The van der Waals surface area contributed by atoms with E-state index in [-0.39, 0.29) is 11.4 Å². The molecule has 7 heteroatoms. The summed E-state index contributed by atoms with van der Waals surface area (Å²) in [5.41, 5.74) is 9.20. The van der Waals surface area contributed by atoms with Gasteiger partial charge in [0.1, 0.15) is 0 Å². The predicted octanol–water partition coefficient (Wildman–Crippen LogP) is 1.40. The molecule has 0 spiro atoms. The number of anilines is 1. The minimum Gasteiger partial charge on any atom is -0.398 e. The van der Waals surface area contributed by atoms with Crippen LogP contribution in [0.25, 0.3) is 0 Å². The molecule has 6 nitrogen and oxygen atoms in total. The summed E-state index contributed by atoms with van der Waals surface area (Å²) >= 11 is 0. The molecule has 0 aliphatic heterocycles. The van der Waals surface area contributed by atoms with E-state index in [0.717, 1.165) is 5.56 Å². The van der Waals surface area contributed by atoms with Gasteiger partial charge in [-0.2, -0.15) is 0 Å². The van der Waals surface area contributed by atoms with E-state index in [4.69, 9.17) is 5.73 Å². The Morgan fingerprint density at radius 2 is 2.00 bits per heavy atom. The van der Waals surface area contributed by atoms with Gasteiger partial charge >= 0.3 is 0 Å². The van der Waals surface area contributed by atoms with E-state index >= 15 is 0 Å². The summed E-state index contributed by atoms with van der Waals surface area (Å²) in [7, 11) is -3.62. The normalized spacial score (nSPS) is 11.8. The third-order valence-electron chi connectivity index (χ3n) is 3.35. The molecule has 108 valence electrons. The number of nitrogens with one attached hydrogen (secondary N) is 2. The van der Waals surface area contributed by atoms with Gasteiger partial charge in [0.15, 0.2) is 0 Å². The number of aromatic amines is 1. The van der Waals surface area contributed by atoms with Crippen molar-refractivity contribution >= 4 is 15.7 Å². The topological polar surface area (TPSA) is 101 Å². The first-order chi connectivity index (χ1) is 9.33. The van der Waals surface area contributed by atoms with Gasteiger partial charge in [-0.25, -0.2) is 18.1 Å². The Labute approximate surface area is 118 Å². The van der Waals surface area contributed by atoms with Crippen LogP contribution < -0.4 is 10.5 Å². The highest BCUT2D eigenvalue weighted by molar-refractivity contribution is 7.89. The number of imidazole rings is 1. The fraction of sp³-hybridized carbons (Fsp3) is 0.308. The smallest absolute Gasteiger partial charge is 0.241 e. The van der Waals surface area contributed by atoms with Crippen molar-refractivity contribution in [2.75, 3.05) is 5.73 Å². The zero-order valence-electron chi connectivity index (χ0n) is 11.7. The van der Waals surface area contributed by atoms with Crippen molar-refractivity contribution in [2.24, 2.45) is 0 Å². The molecular formula is C13H18N4O2S. The van der Waals surface area contributed by atoms with Crippen LogP contribution in [0.2, 0.25) is 0 Å². The fourth-order valence-corrected chi connectivity index (χ4v) is 3.65. The lowest BCUT2D eigenvalue weighted by Crippen LogP contribution is -2.25. The molecule has 0 fully saturated rings. The van der Waals surface area contributed by atoms with E-state index in [2.05, 4.69) is 14.7 Å². The second-order valence-electron chi connectivity index (χ2n) is 4.76. The molecule has 0 atom stereocenters. The molecule has 1 aromatic carbocycles. The summed E-state index contributed by atoms with van der Waals surface area (Å²) in [5, 5.41) is 0. The largest absolute Gasteiger partial charge is 0.398 e. The van der Waals surface area contributed by atoms with Crippen LogP contribution in [0.3, 0.4) is 0 Å². The SMILES string of the molecule is Cc1cc(N)c(C)c(S(=O)(=O)NCc2cnc[nH]2)c1C. The lowest BCUT2D eigenvalue weighted by atomic mass is 10.1. The van der Waals surface area contributed by atoms with Gasteiger partial charge in [0, 0.05) is 17.6 Å². The van der Waals surface area contributed by atoms with Gasteiger partial charge in [-0.05, 0) is 43.5 Å². The minimum atomic E-state index is -3.62. The van der Waals surface area contributed by atoms with Gasteiger partial charge in [-0.1, -0.05) is 0 Å². The Balaban J connectivity index is 2.39. The molecule has 1 aromatic heterocycles. The van der Waals surface area contributed by atoms with Gasteiger partial charge in [0.25, 0.3) is 0 Å². The highest BCUT2D eigenvalue weighted by atomic mass is 32.2. The quantitative estimate of drug-likeness (QED) is 0.742. The molecule has 0 radical (unpaired) electrons. The summed E-state index contributed by atoms with van der Waals surface area (Å²) in [6, 6.07) is 1.79. The van der Waals surface area contributed by atoms with Gasteiger partial charge < -0.3 is 10.7 Å². The van der Waals surface area contributed by atoms with Crippen LogP contribution in [0.4, 0.5) is 5.69 Å². The number of H-pyrrole nitrogens is 1. The molecule has 1 heterocycles. The number of hydrogen-bond acceptors (Lipinski definition) is 4. The molecule has 0 saturated carbocycles. The summed E-state index contributed by atoms with van der Waals surface area (Å²) in [5.74, 6) is 0. The molecule has 0 saturated heterocycles. The highest BCUT2D eigenvalue weighted by Gasteiger charge is 2.22. The Morgan fingerprint density at radius 3 is 2.60 bits per heavy atom. The van der Waals surface area contributed by atoms with Crippen LogP contribution >= 0.6 is 0 Å². The Bertz CT molecular complexity index is 695. The van der Waals surface area contributed by atoms with Crippen LogP contribution in [0, 0.1) is 20.8 Å². The molecule has 0 aliphatic carbocycles. The number of nitrogen functional groups attached to an aromatic ring is 1. The maximum Gasteiger partial charge on any atom is 0.241 e. The number of benzene rings is 1. The van der Waals surface area contributed by atoms with Gasteiger partial charge in [-0.15, -0.1) is 0 Å². The summed E-state index contributed by atoms with van der Waals surface area (Å²) < 4.78 is 27.5. The zero-order chi connectivity index (χ0) is 14.9. The van der Waals surface area contributed by atoms with E-state index < -0.39 is 10.0 Å². The highest BCUT2D eigenvalue weighted by Crippen LogP contribution is 2.27. The van der Waals surface area contributed by atoms with E-state index in [0.29, 0.717) is 22.5 Å². The number of hydrogen-bond donors (Lipinski definition) is 3. The molecule has 0 aliphatic rings. The number of sulfonamides is 1. The van der Waals surface area contributed by atoms with Crippen molar-refractivity contribution < 1.29 is 8.42 Å². The van der Waals surface area contributed by atoms with Crippen LogP contribution in [0.1, 0.15) is 22.4 Å². The lowest BCUT2D eigenvalue weighted by molar-refractivity contribution is 0.579. The van der Waals surface area contributed by atoms with Gasteiger partial charge in [0.05, 0.1) is 17.8 Å². The summed E-state index contributed by atoms with van der Waals surface area (Å²) in [4.78, 5) is 6.96. The Kier molecular flexibility index (Phi) is 3.82. The molecule has 2 aromatic rings. The first kappa shape index (κ1) is 14.5. The maximum atomic E-state index is 12.5. The molecule has 20 heavy (non-hydrogen) atoms. The van der Waals surface area contributed by atoms with Crippen molar-refractivity contribution in [2.45, 2.75) is 32.2 Å². The number of rotatable bonds is 4. The average molecular weight is 294 g/mol. The molecule has 0 unspecified atom stereocenters. The van der Waals surface area contributed by atoms with Crippen molar-refractivity contribution in [1.82, 2.24) is 14.7 Å². The summed E-state index contributed by atoms with van der Waals surface area (Å²) in [6.07, 6.45) is 3.08. The second-order valence-corrected chi connectivity index (χ2v) is 6.47. The lowest BCUT2D eigenvalue weighted by Gasteiger charge is -2.15. The summed E-state index contributed by atoms with van der Waals surface area (Å²) in [6.45, 7) is 5.51. The fourth-order valence-electron chi connectivity index (χ4n) is 2.07. The van der Waals surface area contributed by atoms with Gasteiger partial charge in [-0.3, -0.25) is 0 Å². The zero-order valence-corrected chi connectivity index (χ0v) is 12.5. The third-order valence-corrected chi connectivity index (χ3v) is 5.03. The van der Waals surface area contributed by atoms with E-state index in [1.165, 1.54) is 6.33 Å². The van der Waals surface area contributed by atoms with Crippen LogP contribution in [-0.4, -0.2) is 18.4 Å². The molecule has 4 N–H and O–H groups in total. The number of nitrogens with zero attached hydrogens (tertiary/aromatic N) is 1. The monoisotopic (exact) mass is 294 g/mol. The van der Waals surface area contributed by atoms with Crippen molar-refractivity contribution in [3.05, 3.63) is 41.0 Å². The average Bonchev–Trinajstić information content (AvgIpc) is 2.87. The third kappa shape index (κ3) is 2.68. The minimum absolute atomic E-state index is 0.162. The standard InChI is InChI=1S/C13H18N4O2S/c1-8-4-12(14)10(3)13(9(8)2)20(18,19)17-6-11-5-15-7-16-11/h4-5,7,17H,6,14H2,1-3H3,(H,15,16). The molecule has 0 amide bonds. The van der Waals surface area contributed by atoms with Crippen molar-refractivity contribution in [3.63, 3.8) is 0 Å². The van der Waals surface area contributed by atoms with E-state index in [9.17, 15) is 8.42 Å². The number of nitrogens with two attached hydrogens (primary N) is 1. The Hall–Kier alpha value is -1.86. The molecule has 0 bridgehead atoms.